The van der Waals surface area contributed by atoms with Crippen LogP contribution in [0, 0.1) is 0 Å². The molecule has 0 unspecified atom stereocenters. The minimum atomic E-state index is -0.639. The smallest absolute Gasteiger partial charge is 0.242 e. The van der Waals surface area contributed by atoms with Gasteiger partial charge in [-0.25, -0.2) is 18.7 Å². The second-order valence-corrected chi connectivity index (χ2v) is 3.58. The molecule has 0 bridgehead atoms. The topological polar surface area (TPSA) is 60.4 Å². The Hall–Kier alpha value is -1.32. The first-order chi connectivity index (χ1) is 5.41. The fraction of sp³-hybridized carbons (Fsp3) is 0.500. The van der Waals surface area contributed by atoms with Crippen LogP contribution in [0.3, 0.4) is 0 Å². The second-order valence-electron chi connectivity index (χ2n) is 3.58. The molecule has 4 heteroatoms. The van der Waals surface area contributed by atoms with Crippen LogP contribution in [0.15, 0.2) is 24.8 Å². The van der Waals surface area contributed by atoms with Gasteiger partial charge in [0.05, 0.1) is 5.56 Å². The zero-order chi connectivity index (χ0) is 9.35. The van der Waals surface area contributed by atoms with E-state index in [0.717, 1.165) is 6.07 Å². The third-order valence-corrected chi connectivity index (χ3v) is 1.49. The Labute approximate surface area is 68.7 Å². The maximum Gasteiger partial charge on any atom is 0.383 e. The maximum absolute atomic E-state index is 11.0. The molecule has 1 rings (SSSR count). The molecule has 1 heterocycles. The number of hydrogen-bond donors (Lipinski definition) is 0. The van der Waals surface area contributed by atoms with E-state index in [1.54, 1.807) is 0 Å². The Kier molecular flexibility index (Phi) is 1.92. The first-order valence-electron chi connectivity index (χ1n) is 3.56. The lowest BCUT2D eigenvalue weighted by atomic mass is 9.89. The van der Waals surface area contributed by atoms with E-state index in [1.807, 2.05) is 20.8 Å². The molecule has 0 amide bonds. The Morgan fingerprint density at radius 3 is 2.17 bits per heavy atom. The molecule has 0 aliphatic carbocycles. The van der Waals surface area contributed by atoms with Crippen LogP contribution in [-0.4, -0.2) is 0 Å². The van der Waals surface area contributed by atoms with Gasteiger partial charge in [-0.05, 0) is 5.41 Å². The molecule has 4 nitrogen and oxygen atoms in total. The minimum absolute atomic E-state index is 0.332. The van der Waals surface area contributed by atoms with E-state index in [4.69, 9.17) is 0 Å². The lowest BCUT2D eigenvalue weighted by molar-refractivity contribution is 0.0135. The van der Waals surface area contributed by atoms with Crippen molar-refractivity contribution in [3.63, 3.8) is 0 Å². The van der Waals surface area contributed by atoms with Gasteiger partial charge < -0.3 is 0 Å². The van der Waals surface area contributed by atoms with Crippen LogP contribution in [0.2, 0.25) is 0 Å². The molecule has 12 heavy (non-hydrogen) atoms. The average molecular weight is 170 g/mol. The maximum atomic E-state index is 11.0. The molecule has 1 aromatic heterocycles. The fourth-order valence-electron chi connectivity index (χ4n) is 0.847. The van der Waals surface area contributed by atoms with Crippen molar-refractivity contribution >= 4 is 0 Å². The summed E-state index contributed by atoms with van der Waals surface area (Å²) in [4.78, 5) is 21.7. The van der Waals surface area contributed by atoms with Gasteiger partial charge in [-0.3, -0.25) is 0 Å². The van der Waals surface area contributed by atoms with Gasteiger partial charge in [0, 0.05) is 6.07 Å². The van der Waals surface area contributed by atoms with Crippen LogP contribution in [0.1, 0.15) is 26.3 Å². The summed E-state index contributed by atoms with van der Waals surface area (Å²) in [5.74, 6) is 0. The molecule has 0 spiro atoms. The van der Waals surface area contributed by atoms with Crippen LogP contribution < -0.4 is 11.3 Å². The predicted molar refractivity (Wildman–Crippen MR) is 42.2 cm³/mol. The van der Waals surface area contributed by atoms with Crippen molar-refractivity contribution in [1.29, 1.82) is 0 Å². The van der Waals surface area contributed by atoms with Crippen molar-refractivity contribution in [2.75, 3.05) is 0 Å². The highest BCUT2D eigenvalue weighted by Crippen LogP contribution is 2.16. The Bertz CT molecular complexity index is 377. The van der Waals surface area contributed by atoms with Gasteiger partial charge in [0.25, 0.3) is 0 Å². The van der Waals surface area contributed by atoms with Crippen molar-refractivity contribution in [2.45, 2.75) is 26.2 Å². The molecular formula is C8H10O4. The van der Waals surface area contributed by atoms with Crippen molar-refractivity contribution in [3.8, 4) is 0 Å². The predicted octanol–water partition coefficient (Wildman–Crippen LogP) is 0.890. The molecule has 0 saturated heterocycles. The highest BCUT2D eigenvalue weighted by molar-refractivity contribution is 5.14. The molecule has 1 aromatic rings. The lowest BCUT2D eigenvalue weighted by Crippen LogP contribution is -2.24. The summed E-state index contributed by atoms with van der Waals surface area (Å²) < 4.78 is 8.22. The van der Waals surface area contributed by atoms with Crippen LogP contribution in [-0.2, 0) is 5.41 Å². The summed E-state index contributed by atoms with van der Waals surface area (Å²) in [5.41, 5.74) is -1.29. The second kappa shape index (κ2) is 2.62. The Morgan fingerprint density at radius 2 is 1.75 bits per heavy atom. The van der Waals surface area contributed by atoms with E-state index in [-0.39, 0.29) is 0 Å². The molecule has 0 N–H and O–H groups in total. The van der Waals surface area contributed by atoms with Crippen LogP contribution in [0.4, 0.5) is 0 Å². The molecule has 0 saturated carbocycles. The van der Waals surface area contributed by atoms with E-state index in [2.05, 4.69) is 9.15 Å². The molecule has 0 aromatic carbocycles. The number of rotatable bonds is 0. The van der Waals surface area contributed by atoms with E-state index in [9.17, 15) is 9.59 Å². The van der Waals surface area contributed by atoms with Crippen LogP contribution in [0.5, 0.6) is 0 Å². The highest BCUT2D eigenvalue weighted by atomic mass is 17.0. The summed E-state index contributed by atoms with van der Waals surface area (Å²) in [5, 5.41) is 0. The van der Waals surface area contributed by atoms with Crippen molar-refractivity contribution in [1.82, 2.24) is 0 Å². The summed E-state index contributed by atoms with van der Waals surface area (Å²) in [7, 11) is 0. The van der Waals surface area contributed by atoms with E-state index in [0.29, 0.717) is 5.56 Å². The van der Waals surface area contributed by atoms with E-state index in [1.165, 1.54) is 0 Å². The van der Waals surface area contributed by atoms with Crippen molar-refractivity contribution in [3.05, 3.63) is 32.5 Å². The molecule has 0 radical (unpaired) electrons. The Balaban J connectivity index is 3.43. The number of hydrogen-bond acceptors (Lipinski definition) is 4. The van der Waals surface area contributed by atoms with E-state index >= 15 is 0 Å². The zero-order valence-corrected chi connectivity index (χ0v) is 7.21. The summed E-state index contributed by atoms with van der Waals surface area (Å²) in [6.07, 6.45) is 0. The monoisotopic (exact) mass is 170 g/mol. The van der Waals surface area contributed by atoms with Gasteiger partial charge in [0.2, 0.25) is 0 Å². The average Bonchev–Trinajstić information content (AvgIpc) is 1.92. The van der Waals surface area contributed by atoms with Crippen LogP contribution in [0.25, 0.3) is 0 Å². The van der Waals surface area contributed by atoms with E-state index < -0.39 is 16.7 Å². The molecule has 0 aliphatic heterocycles. The Morgan fingerprint density at radius 1 is 1.17 bits per heavy atom. The fourth-order valence-corrected chi connectivity index (χ4v) is 0.847. The van der Waals surface area contributed by atoms with Gasteiger partial charge in [0.1, 0.15) is 0 Å². The van der Waals surface area contributed by atoms with Gasteiger partial charge in [-0.1, -0.05) is 20.8 Å². The largest absolute Gasteiger partial charge is 0.383 e. The SMILES string of the molecule is CC(C)(C)c1cc(=O)ooc1=O. The molecule has 0 atom stereocenters. The third kappa shape index (κ3) is 1.64. The van der Waals surface area contributed by atoms with Crippen molar-refractivity contribution in [2.24, 2.45) is 0 Å². The minimum Gasteiger partial charge on any atom is -0.242 e. The zero-order valence-electron chi connectivity index (χ0n) is 7.21. The summed E-state index contributed by atoms with van der Waals surface area (Å²) in [6, 6.07) is 1.16. The standard InChI is InChI=1S/C8H10O4/c1-8(2,3)5-4-6(9)11-12-7(5)10/h4H,1-3H3. The third-order valence-electron chi connectivity index (χ3n) is 1.49. The first-order valence-corrected chi connectivity index (χ1v) is 3.56. The lowest BCUT2D eigenvalue weighted by Gasteiger charge is -2.14. The molecule has 0 aliphatic rings. The highest BCUT2D eigenvalue weighted by Gasteiger charge is 2.19. The van der Waals surface area contributed by atoms with Gasteiger partial charge in [0.15, 0.2) is 0 Å². The summed E-state index contributed by atoms with van der Waals surface area (Å²) in [6.45, 7) is 5.45. The molecule has 0 fully saturated rings. The first kappa shape index (κ1) is 8.77. The molecule has 66 valence electrons. The van der Waals surface area contributed by atoms with Crippen molar-refractivity contribution < 1.29 is 9.15 Å². The van der Waals surface area contributed by atoms with Gasteiger partial charge in [-0.2, -0.15) is 0 Å². The molecular weight excluding hydrogens is 160 g/mol. The van der Waals surface area contributed by atoms with Gasteiger partial charge in [-0.15, -0.1) is 0 Å². The van der Waals surface area contributed by atoms with Crippen LogP contribution >= 0.6 is 0 Å². The summed E-state index contributed by atoms with van der Waals surface area (Å²) >= 11 is 0. The normalized spacial score (nSPS) is 11.6. The van der Waals surface area contributed by atoms with Gasteiger partial charge >= 0.3 is 11.3 Å². The quantitative estimate of drug-likeness (QED) is 0.542.